The summed E-state index contributed by atoms with van der Waals surface area (Å²) in [6.45, 7) is 5.87. The summed E-state index contributed by atoms with van der Waals surface area (Å²) in [6, 6.07) is 0. The lowest BCUT2D eigenvalue weighted by Crippen LogP contribution is -2.10. The van der Waals surface area contributed by atoms with E-state index in [0.717, 1.165) is 5.56 Å². The lowest BCUT2D eigenvalue weighted by atomic mass is 10.3. The number of H-pyrrole nitrogens is 1. The number of aryl methyl sites for hydroxylation is 1. The Kier molecular flexibility index (Phi) is 4.03. The van der Waals surface area contributed by atoms with Gasteiger partial charge in [0.05, 0.1) is 7.11 Å². The Morgan fingerprint density at radius 2 is 2.06 bits per heavy atom. The lowest BCUT2D eigenvalue weighted by molar-refractivity contribution is 0.0595. The number of hydrogen-bond donors (Lipinski definition) is 2. The number of nitrogens with zero attached hydrogens (tertiary/aromatic N) is 2. The van der Waals surface area contributed by atoms with Crippen molar-refractivity contribution in [3.05, 3.63) is 17.5 Å². The molecule has 0 spiro atoms. The predicted molar refractivity (Wildman–Crippen MR) is 65.7 cm³/mol. The van der Waals surface area contributed by atoms with Gasteiger partial charge < -0.3 is 15.5 Å². The summed E-state index contributed by atoms with van der Waals surface area (Å²) in [5.74, 6) is -0.515. The van der Waals surface area contributed by atoms with Crippen LogP contribution in [0.5, 0.6) is 0 Å². The molecule has 3 N–H and O–H groups in total. The van der Waals surface area contributed by atoms with E-state index < -0.39 is 5.97 Å². The van der Waals surface area contributed by atoms with Crippen LogP contribution in [0.25, 0.3) is 11.2 Å². The Labute approximate surface area is 99.2 Å². The van der Waals surface area contributed by atoms with Gasteiger partial charge in [-0.05, 0) is 12.5 Å². The van der Waals surface area contributed by atoms with E-state index in [-0.39, 0.29) is 11.5 Å². The minimum Gasteiger partial charge on any atom is -0.464 e. The van der Waals surface area contributed by atoms with Gasteiger partial charge in [-0.3, -0.25) is 0 Å². The van der Waals surface area contributed by atoms with Crippen molar-refractivity contribution >= 4 is 23.0 Å². The third-order valence-electron chi connectivity index (χ3n) is 2.10. The standard InChI is InChI=1S/C9H10N4O2.C2H6/c1-4-3-11-8-5(4)12-6(7(10)13-8)9(14)15-2;1-2/h3H,1-2H3,(H3,10,11,13);1-2H3. The molecule has 0 radical (unpaired) electrons. The highest BCUT2D eigenvalue weighted by molar-refractivity contribution is 5.94. The summed E-state index contributed by atoms with van der Waals surface area (Å²) in [5.41, 5.74) is 7.73. The number of hydrogen-bond acceptors (Lipinski definition) is 5. The first-order valence-corrected chi connectivity index (χ1v) is 5.33. The second-order valence-electron chi connectivity index (χ2n) is 3.12. The Morgan fingerprint density at radius 3 is 2.65 bits per heavy atom. The number of fused-ring (bicyclic) bond motifs is 1. The van der Waals surface area contributed by atoms with E-state index in [4.69, 9.17) is 5.73 Å². The van der Waals surface area contributed by atoms with Crippen molar-refractivity contribution in [3.63, 3.8) is 0 Å². The number of methoxy groups -OCH3 is 1. The normalized spacial score (nSPS) is 9.65. The van der Waals surface area contributed by atoms with Crippen LogP contribution >= 0.6 is 0 Å². The number of aromatic amines is 1. The van der Waals surface area contributed by atoms with Crippen LogP contribution in [0.2, 0.25) is 0 Å². The van der Waals surface area contributed by atoms with Crippen molar-refractivity contribution in [1.82, 2.24) is 15.0 Å². The molecular formula is C11H16N4O2. The van der Waals surface area contributed by atoms with E-state index in [1.54, 1.807) is 6.20 Å². The van der Waals surface area contributed by atoms with Gasteiger partial charge >= 0.3 is 5.97 Å². The highest BCUT2D eigenvalue weighted by Crippen LogP contribution is 2.17. The van der Waals surface area contributed by atoms with Gasteiger partial charge in [-0.2, -0.15) is 0 Å². The number of nitrogen functional groups attached to an aromatic ring is 1. The molecule has 2 rings (SSSR count). The van der Waals surface area contributed by atoms with Crippen molar-refractivity contribution < 1.29 is 9.53 Å². The molecule has 0 aromatic carbocycles. The number of nitrogens with two attached hydrogens (primary N) is 1. The van der Waals surface area contributed by atoms with Crippen molar-refractivity contribution in [1.29, 1.82) is 0 Å². The first-order valence-electron chi connectivity index (χ1n) is 5.33. The van der Waals surface area contributed by atoms with E-state index in [9.17, 15) is 4.79 Å². The molecule has 92 valence electrons. The van der Waals surface area contributed by atoms with Crippen molar-refractivity contribution in [2.45, 2.75) is 20.8 Å². The minimum absolute atomic E-state index is 0.0488. The van der Waals surface area contributed by atoms with E-state index in [0.29, 0.717) is 11.2 Å². The third kappa shape index (κ3) is 2.35. The average Bonchev–Trinajstić information content (AvgIpc) is 2.71. The van der Waals surface area contributed by atoms with Crippen LogP contribution in [-0.4, -0.2) is 28.0 Å². The average molecular weight is 236 g/mol. The quantitative estimate of drug-likeness (QED) is 0.734. The number of carbonyl (C=O) groups excluding carboxylic acids is 1. The Balaban J connectivity index is 0.000000686. The zero-order valence-electron chi connectivity index (χ0n) is 10.4. The second kappa shape index (κ2) is 5.29. The summed E-state index contributed by atoms with van der Waals surface area (Å²) in [7, 11) is 1.28. The molecule has 0 amide bonds. The van der Waals surface area contributed by atoms with E-state index >= 15 is 0 Å². The number of ether oxygens (including phenoxy) is 1. The summed E-state index contributed by atoms with van der Waals surface area (Å²) in [4.78, 5) is 22.3. The maximum Gasteiger partial charge on any atom is 0.360 e. The first kappa shape index (κ1) is 13.0. The predicted octanol–water partition coefficient (Wildman–Crippen LogP) is 1.66. The molecule has 0 aliphatic rings. The number of nitrogens with one attached hydrogen (secondary N) is 1. The zero-order chi connectivity index (χ0) is 13.0. The van der Waals surface area contributed by atoms with Crippen LogP contribution in [0.4, 0.5) is 5.82 Å². The molecule has 6 heteroatoms. The monoisotopic (exact) mass is 236 g/mol. The van der Waals surface area contributed by atoms with Gasteiger partial charge in [0, 0.05) is 6.20 Å². The molecule has 0 saturated carbocycles. The van der Waals surface area contributed by atoms with Crippen molar-refractivity contribution in [2.24, 2.45) is 0 Å². The number of carbonyl (C=O) groups is 1. The highest BCUT2D eigenvalue weighted by atomic mass is 16.5. The molecular weight excluding hydrogens is 220 g/mol. The maximum absolute atomic E-state index is 11.3. The smallest absolute Gasteiger partial charge is 0.360 e. The van der Waals surface area contributed by atoms with Gasteiger partial charge in [-0.25, -0.2) is 14.8 Å². The van der Waals surface area contributed by atoms with E-state index in [1.807, 2.05) is 20.8 Å². The third-order valence-corrected chi connectivity index (χ3v) is 2.10. The fourth-order valence-corrected chi connectivity index (χ4v) is 1.32. The molecule has 0 fully saturated rings. The zero-order valence-corrected chi connectivity index (χ0v) is 10.4. The number of anilines is 1. The van der Waals surface area contributed by atoms with Crippen molar-refractivity contribution in [2.75, 3.05) is 12.8 Å². The topological polar surface area (TPSA) is 93.9 Å². The fourth-order valence-electron chi connectivity index (χ4n) is 1.32. The number of esters is 1. The highest BCUT2D eigenvalue weighted by Gasteiger charge is 2.15. The summed E-state index contributed by atoms with van der Waals surface area (Å²) in [6.07, 6.45) is 1.76. The molecule has 0 aliphatic heterocycles. The van der Waals surface area contributed by atoms with Gasteiger partial charge in [-0.15, -0.1) is 0 Å². The second-order valence-corrected chi connectivity index (χ2v) is 3.12. The van der Waals surface area contributed by atoms with Crippen LogP contribution in [0.15, 0.2) is 6.20 Å². The molecule has 0 unspecified atom stereocenters. The van der Waals surface area contributed by atoms with Crippen LogP contribution < -0.4 is 5.73 Å². The van der Waals surface area contributed by atoms with Crippen LogP contribution in [-0.2, 0) is 4.74 Å². The molecule has 17 heavy (non-hydrogen) atoms. The van der Waals surface area contributed by atoms with Crippen LogP contribution in [0.1, 0.15) is 29.9 Å². The van der Waals surface area contributed by atoms with E-state index in [2.05, 4.69) is 19.7 Å². The SMILES string of the molecule is CC.COC(=O)c1nc2c(C)c[nH]c2nc1N. The van der Waals surface area contributed by atoms with Gasteiger partial charge in [0.1, 0.15) is 5.52 Å². The molecule has 2 aromatic rings. The molecule has 0 bridgehead atoms. The van der Waals surface area contributed by atoms with Crippen LogP contribution in [0.3, 0.4) is 0 Å². The first-order chi connectivity index (χ1) is 8.13. The molecule has 0 atom stereocenters. The van der Waals surface area contributed by atoms with Gasteiger partial charge in [-0.1, -0.05) is 13.8 Å². The van der Waals surface area contributed by atoms with Gasteiger partial charge in [0.15, 0.2) is 17.2 Å². The molecule has 6 nitrogen and oxygen atoms in total. The Morgan fingerprint density at radius 1 is 1.41 bits per heavy atom. The summed E-state index contributed by atoms with van der Waals surface area (Å²) >= 11 is 0. The van der Waals surface area contributed by atoms with Crippen LogP contribution in [0, 0.1) is 6.92 Å². The van der Waals surface area contributed by atoms with Gasteiger partial charge in [0.2, 0.25) is 0 Å². The largest absolute Gasteiger partial charge is 0.464 e. The molecule has 0 aliphatic carbocycles. The van der Waals surface area contributed by atoms with Gasteiger partial charge in [0.25, 0.3) is 0 Å². The maximum atomic E-state index is 11.3. The number of rotatable bonds is 1. The summed E-state index contributed by atoms with van der Waals surface area (Å²) in [5, 5.41) is 0. The number of aromatic nitrogens is 3. The minimum atomic E-state index is -0.581. The molecule has 0 saturated heterocycles. The Bertz CT molecular complexity index is 533. The Hall–Kier alpha value is -2.11. The fraction of sp³-hybridized carbons (Fsp3) is 0.364. The summed E-state index contributed by atoms with van der Waals surface area (Å²) < 4.78 is 4.55. The molecule has 2 aromatic heterocycles. The van der Waals surface area contributed by atoms with E-state index in [1.165, 1.54) is 7.11 Å². The van der Waals surface area contributed by atoms with Crippen molar-refractivity contribution in [3.8, 4) is 0 Å². The molecule has 2 heterocycles. The lowest BCUT2D eigenvalue weighted by Gasteiger charge is -2.01.